The number of nitrogens with zero attached hydrogens (tertiary/aromatic N) is 1. The molecule has 1 aliphatic rings. The summed E-state index contributed by atoms with van der Waals surface area (Å²) in [5.41, 5.74) is 5.59. The Kier molecular flexibility index (Phi) is 1.71. The van der Waals surface area contributed by atoms with Gasteiger partial charge in [0.15, 0.2) is 0 Å². The Morgan fingerprint density at radius 2 is 2.44 bits per heavy atom. The van der Waals surface area contributed by atoms with Crippen LogP contribution in [-0.2, 0) is 4.79 Å². The highest BCUT2D eigenvalue weighted by atomic mass is 16.2. The quantitative estimate of drug-likeness (QED) is 0.481. The number of likely N-dealkylation sites (tertiary alicyclic amines) is 1. The maximum Gasteiger partial charge on any atom is 0.222 e. The maximum atomic E-state index is 10.8. The van der Waals surface area contributed by atoms with Crippen molar-refractivity contribution < 1.29 is 4.79 Å². The lowest BCUT2D eigenvalue weighted by Gasteiger charge is -2.26. The lowest BCUT2D eigenvalue weighted by molar-refractivity contribution is -0.132. The van der Waals surface area contributed by atoms with Crippen molar-refractivity contribution in [1.29, 1.82) is 0 Å². The first kappa shape index (κ1) is 6.55. The number of rotatable bonds is 0. The molecule has 3 nitrogen and oxygen atoms in total. The first-order valence-electron chi connectivity index (χ1n) is 3.19. The van der Waals surface area contributed by atoms with Crippen LogP contribution in [0.1, 0.15) is 12.8 Å². The second-order valence-corrected chi connectivity index (χ2v) is 2.57. The average Bonchev–Trinajstić information content (AvgIpc) is 1.80. The van der Waals surface area contributed by atoms with Gasteiger partial charge in [-0.2, -0.15) is 0 Å². The van der Waals surface area contributed by atoms with E-state index in [0.29, 0.717) is 6.42 Å². The molecule has 0 unspecified atom stereocenters. The van der Waals surface area contributed by atoms with Gasteiger partial charge in [-0.1, -0.05) is 0 Å². The second kappa shape index (κ2) is 2.35. The van der Waals surface area contributed by atoms with Crippen LogP contribution in [0.3, 0.4) is 0 Å². The van der Waals surface area contributed by atoms with Gasteiger partial charge in [0.1, 0.15) is 0 Å². The molecule has 0 bridgehead atoms. The molecule has 0 aromatic rings. The number of nitrogens with two attached hydrogens (primary N) is 1. The summed E-state index contributed by atoms with van der Waals surface area (Å²) >= 11 is 0. The molecular weight excluding hydrogens is 116 g/mol. The minimum absolute atomic E-state index is 0.202. The van der Waals surface area contributed by atoms with E-state index < -0.39 is 0 Å². The standard InChI is InChI=1S/C6H12N2O/c1-8-4-5(7)2-3-6(8)9/h5H,2-4,7H2,1H3/t5-/m1/s1. The van der Waals surface area contributed by atoms with Crippen molar-refractivity contribution in [3.63, 3.8) is 0 Å². The fraction of sp³-hybridized carbons (Fsp3) is 0.833. The summed E-state index contributed by atoms with van der Waals surface area (Å²) in [5.74, 6) is 0.219. The highest BCUT2D eigenvalue weighted by Gasteiger charge is 2.18. The summed E-state index contributed by atoms with van der Waals surface area (Å²) in [6, 6.07) is 0.202. The lowest BCUT2D eigenvalue weighted by atomic mass is 10.1. The molecular formula is C6H12N2O. The van der Waals surface area contributed by atoms with E-state index in [0.717, 1.165) is 13.0 Å². The van der Waals surface area contributed by atoms with Crippen LogP contribution in [-0.4, -0.2) is 30.4 Å². The van der Waals surface area contributed by atoms with Crippen molar-refractivity contribution in [3.05, 3.63) is 0 Å². The Bertz CT molecular complexity index is 124. The Morgan fingerprint density at radius 3 is 2.89 bits per heavy atom. The Hall–Kier alpha value is -0.570. The van der Waals surface area contributed by atoms with E-state index in [1.165, 1.54) is 0 Å². The minimum Gasteiger partial charge on any atom is -0.344 e. The molecule has 2 N–H and O–H groups in total. The third-order valence-electron chi connectivity index (χ3n) is 1.66. The number of carbonyl (C=O) groups excluding carboxylic acids is 1. The molecule has 0 spiro atoms. The molecule has 0 aromatic heterocycles. The van der Waals surface area contributed by atoms with Crippen LogP contribution in [0.5, 0.6) is 0 Å². The van der Waals surface area contributed by atoms with Gasteiger partial charge in [0, 0.05) is 26.1 Å². The molecule has 0 aliphatic carbocycles. The number of piperidine rings is 1. The number of carbonyl (C=O) groups is 1. The van der Waals surface area contributed by atoms with E-state index in [9.17, 15) is 4.79 Å². The molecule has 1 heterocycles. The van der Waals surface area contributed by atoms with Gasteiger partial charge in [-0.25, -0.2) is 0 Å². The highest BCUT2D eigenvalue weighted by Crippen LogP contribution is 2.06. The Labute approximate surface area is 54.8 Å². The summed E-state index contributed by atoms with van der Waals surface area (Å²) in [6.45, 7) is 0.721. The summed E-state index contributed by atoms with van der Waals surface area (Å²) in [7, 11) is 1.79. The predicted octanol–water partition coefficient (Wildman–Crippen LogP) is -0.434. The molecule has 52 valence electrons. The van der Waals surface area contributed by atoms with Crippen LogP contribution in [0, 0.1) is 0 Å². The van der Waals surface area contributed by atoms with Gasteiger partial charge in [0.05, 0.1) is 0 Å². The maximum absolute atomic E-state index is 10.8. The monoisotopic (exact) mass is 128 g/mol. The zero-order chi connectivity index (χ0) is 6.85. The van der Waals surface area contributed by atoms with E-state index in [-0.39, 0.29) is 11.9 Å². The van der Waals surface area contributed by atoms with E-state index in [4.69, 9.17) is 5.73 Å². The van der Waals surface area contributed by atoms with E-state index in [1.807, 2.05) is 0 Å². The fourth-order valence-electron chi connectivity index (χ4n) is 1.04. The first-order valence-corrected chi connectivity index (χ1v) is 3.19. The Balaban J connectivity index is 2.44. The predicted molar refractivity (Wildman–Crippen MR) is 34.8 cm³/mol. The molecule has 3 heteroatoms. The van der Waals surface area contributed by atoms with Crippen molar-refractivity contribution in [2.45, 2.75) is 18.9 Å². The van der Waals surface area contributed by atoms with Crippen molar-refractivity contribution in [2.75, 3.05) is 13.6 Å². The van der Waals surface area contributed by atoms with E-state index in [2.05, 4.69) is 0 Å². The molecule has 1 rings (SSSR count). The van der Waals surface area contributed by atoms with Gasteiger partial charge in [-0.05, 0) is 6.42 Å². The molecule has 9 heavy (non-hydrogen) atoms. The molecule has 1 saturated heterocycles. The van der Waals surface area contributed by atoms with Crippen LogP contribution in [0.25, 0.3) is 0 Å². The van der Waals surface area contributed by atoms with Crippen molar-refractivity contribution >= 4 is 5.91 Å². The van der Waals surface area contributed by atoms with Gasteiger partial charge in [-0.3, -0.25) is 4.79 Å². The van der Waals surface area contributed by atoms with Crippen LogP contribution in [0.15, 0.2) is 0 Å². The van der Waals surface area contributed by atoms with E-state index in [1.54, 1.807) is 11.9 Å². The third-order valence-corrected chi connectivity index (χ3v) is 1.66. The first-order chi connectivity index (χ1) is 4.20. The molecule has 0 saturated carbocycles. The zero-order valence-electron chi connectivity index (χ0n) is 5.63. The summed E-state index contributed by atoms with van der Waals surface area (Å²) < 4.78 is 0. The van der Waals surface area contributed by atoms with Crippen LogP contribution < -0.4 is 5.73 Å². The van der Waals surface area contributed by atoms with Crippen LogP contribution in [0.2, 0.25) is 0 Å². The minimum atomic E-state index is 0.202. The largest absolute Gasteiger partial charge is 0.344 e. The third kappa shape index (κ3) is 1.42. The van der Waals surface area contributed by atoms with Crippen molar-refractivity contribution in [1.82, 2.24) is 4.90 Å². The van der Waals surface area contributed by atoms with Gasteiger partial charge < -0.3 is 10.6 Å². The number of amides is 1. The summed E-state index contributed by atoms with van der Waals surface area (Å²) in [6.07, 6.45) is 1.47. The van der Waals surface area contributed by atoms with Gasteiger partial charge in [0.25, 0.3) is 0 Å². The number of likely N-dealkylation sites (N-methyl/N-ethyl adjacent to an activating group) is 1. The lowest BCUT2D eigenvalue weighted by Crippen LogP contribution is -2.43. The summed E-state index contributed by atoms with van der Waals surface area (Å²) in [5, 5.41) is 0. The normalized spacial score (nSPS) is 28.9. The van der Waals surface area contributed by atoms with Gasteiger partial charge >= 0.3 is 0 Å². The van der Waals surface area contributed by atoms with Gasteiger partial charge in [0.2, 0.25) is 5.91 Å². The molecule has 0 radical (unpaired) electrons. The Morgan fingerprint density at radius 1 is 1.78 bits per heavy atom. The fourth-order valence-corrected chi connectivity index (χ4v) is 1.04. The van der Waals surface area contributed by atoms with Crippen LogP contribution in [0.4, 0.5) is 0 Å². The smallest absolute Gasteiger partial charge is 0.222 e. The molecule has 0 aromatic carbocycles. The summed E-state index contributed by atoms with van der Waals surface area (Å²) in [4.78, 5) is 12.5. The van der Waals surface area contributed by atoms with Crippen molar-refractivity contribution in [3.8, 4) is 0 Å². The second-order valence-electron chi connectivity index (χ2n) is 2.57. The highest BCUT2D eigenvalue weighted by molar-refractivity contribution is 5.76. The van der Waals surface area contributed by atoms with Gasteiger partial charge in [-0.15, -0.1) is 0 Å². The van der Waals surface area contributed by atoms with Crippen LogP contribution >= 0.6 is 0 Å². The van der Waals surface area contributed by atoms with Crippen molar-refractivity contribution in [2.24, 2.45) is 5.73 Å². The number of hydrogen-bond donors (Lipinski definition) is 1. The average molecular weight is 128 g/mol. The number of hydrogen-bond acceptors (Lipinski definition) is 2. The molecule has 1 amide bonds. The molecule has 1 aliphatic heterocycles. The SMILES string of the molecule is CN1C[C@H](N)CCC1=O. The topological polar surface area (TPSA) is 46.3 Å². The van der Waals surface area contributed by atoms with E-state index >= 15 is 0 Å². The zero-order valence-corrected chi connectivity index (χ0v) is 5.63. The molecule has 1 fully saturated rings. The molecule has 1 atom stereocenters.